The van der Waals surface area contributed by atoms with Crippen molar-refractivity contribution in [3.63, 3.8) is 0 Å². The third-order valence-corrected chi connectivity index (χ3v) is 3.19. The molecule has 1 aromatic carbocycles. The molecule has 0 aromatic heterocycles. The van der Waals surface area contributed by atoms with Gasteiger partial charge in [0.2, 0.25) is 5.91 Å². The zero-order valence-electron chi connectivity index (χ0n) is 12.1. The van der Waals surface area contributed by atoms with Gasteiger partial charge >= 0.3 is 6.03 Å². The standard InChI is InChI=1S/C14H22N4O2/c1-9(2)18(10(3)13(19)17-14(16)20)8-11-6-4-5-7-12(11)15/h4-7,9-10H,8,15H2,1-3H3,(H3,16,17,19,20). The molecule has 0 heterocycles. The maximum absolute atomic E-state index is 11.9. The highest BCUT2D eigenvalue weighted by molar-refractivity contribution is 5.96. The van der Waals surface area contributed by atoms with E-state index in [-0.39, 0.29) is 6.04 Å². The largest absolute Gasteiger partial charge is 0.398 e. The molecule has 1 rings (SSSR count). The Morgan fingerprint density at radius 3 is 2.35 bits per heavy atom. The van der Waals surface area contributed by atoms with E-state index in [9.17, 15) is 9.59 Å². The Bertz CT molecular complexity index is 488. The van der Waals surface area contributed by atoms with E-state index in [1.54, 1.807) is 6.92 Å². The van der Waals surface area contributed by atoms with E-state index in [4.69, 9.17) is 11.5 Å². The third-order valence-electron chi connectivity index (χ3n) is 3.19. The number of nitrogen functional groups attached to an aromatic ring is 1. The van der Waals surface area contributed by atoms with Crippen LogP contribution in [0.25, 0.3) is 0 Å². The van der Waals surface area contributed by atoms with Crippen LogP contribution in [0.1, 0.15) is 26.3 Å². The molecule has 1 atom stereocenters. The van der Waals surface area contributed by atoms with Crippen molar-refractivity contribution in [2.24, 2.45) is 5.73 Å². The maximum atomic E-state index is 11.9. The first-order valence-electron chi connectivity index (χ1n) is 6.52. The number of carbonyl (C=O) groups excluding carboxylic acids is 2. The van der Waals surface area contributed by atoms with Crippen molar-refractivity contribution >= 4 is 17.6 Å². The summed E-state index contributed by atoms with van der Waals surface area (Å²) in [6.45, 7) is 6.22. The second kappa shape index (κ2) is 6.91. The van der Waals surface area contributed by atoms with Gasteiger partial charge in [-0.1, -0.05) is 18.2 Å². The average molecular weight is 278 g/mol. The number of para-hydroxylation sites is 1. The topological polar surface area (TPSA) is 101 Å². The number of rotatable bonds is 5. The van der Waals surface area contributed by atoms with Crippen molar-refractivity contribution in [3.8, 4) is 0 Å². The zero-order valence-corrected chi connectivity index (χ0v) is 12.1. The van der Waals surface area contributed by atoms with Gasteiger partial charge in [-0.15, -0.1) is 0 Å². The lowest BCUT2D eigenvalue weighted by Gasteiger charge is -2.31. The molecule has 0 saturated carbocycles. The van der Waals surface area contributed by atoms with Crippen molar-refractivity contribution in [1.82, 2.24) is 10.2 Å². The molecule has 0 bridgehead atoms. The Kier molecular flexibility index (Phi) is 5.52. The monoisotopic (exact) mass is 278 g/mol. The molecule has 20 heavy (non-hydrogen) atoms. The first-order chi connectivity index (χ1) is 9.32. The minimum atomic E-state index is -0.843. The number of anilines is 1. The second-order valence-corrected chi connectivity index (χ2v) is 4.99. The Labute approximate surface area is 119 Å². The lowest BCUT2D eigenvalue weighted by molar-refractivity contribution is -0.125. The molecule has 3 amide bonds. The molecular weight excluding hydrogens is 256 g/mol. The second-order valence-electron chi connectivity index (χ2n) is 4.99. The number of nitrogens with two attached hydrogens (primary N) is 2. The molecule has 0 radical (unpaired) electrons. The number of primary amides is 1. The summed E-state index contributed by atoms with van der Waals surface area (Å²) in [6, 6.07) is 6.29. The van der Waals surface area contributed by atoms with Crippen molar-refractivity contribution in [1.29, 1.82) is 0 Å². The van der Waals surface area contributed by atoms with Gasteiger partial charge in [0.25, 0.3) is 0 Å². The van der Waals surface area contributed by atoms with Crippen LogP contribution in [0.4, 0.5) is 10.5 Å². The minimum absolute atomic E-state index is 0.114. The lowest BCUT2D eigenvalue weighted by atomic mass is 10.1. The van der Waals surface area contributed by atoms with Crippen molar-refractivity contribution in [2.45, 2.75) is 39.4 Å². The highest BCUT2D eigenvalue weighted by atomic mass is 16.2. The van der Waals surface area contributed by atoms with Gasteiger partial charge in [-0.25, -0.2) is 4.79 Å². The quantitative estimate of drug-likeness (QED) is 0.701. The Morgan fingerprint density at radius 1 is 1.25 bits per heavy atom. The fourth-order valence-corrected chi connectivity index (χ4v) is 2.02. The van der Waals surface area contributed by atoms with Crippen LogP contribution in [0.5, 0.6) is 0 Å². The predicted octanol–water partition coefficient (Wildman–Crippen LogP) is 1.06. The number of amides is 3. The van der Waals surface area contributed by atoms with E-state index in [1.165, 1.54) is 0 Å². The predicted molar refractivity (Wildman–Crippen MR) is 78.7 cm³/mol. The molecule has 0 fully saturated rings. The normalized spacial score (nSPS) is 12.4. The molecule has 1 aromatic rings. The number of nitrogens with one attached hydrogen (secondary N) is 1. The smallest absolute Gasteiger partial charge is 0.318 e. The summed E-state index contributed by atoms with van der Waals surface area (Å²) in [5.41, 5.74) is 12.5. The van der Waals surface area contributed by atoms with Gasteiger partial charge in [-0.2, -0.15) is 0 Å². The highest BCUT2D eigenvalue weighted by Crippen LogP contribution is 2.17. The first-order valence-corrected chi connectivity index (χ1v) is 6.52. The van der Waals surface area contributed by atoms with Crippen LogP contribution in [-0.4, -0.2) is 28.9 Å². The first kappa shape index (κ1) is 16.0. The molecule has 0 aliphatic carbocycles. The van der Waals surface area contributed by atoms with E-state index in [2.05, 4.69) is 5.32 Å². The molecule has 110 valence electrons. The molecule has 0 saturated heterocycles. The zero-order chi connectivity index (χ0) is 15.3. The average Bonchev–Trinajstić information content (AvgIpc) is 2.35. The van der Waals surface area contributed by atoms with Crippen LogP contribution in [0.3, 0.4) is 0 Å². The summed E-state index contributed by atoms with van der Waals surface area (Å²) in [7, 11) is 0. The highest BCUT2D eigenvalue weighted by Gasteiger charge is 2.25. The SMILES string of the molecule is CC(C)N(Cc1ccccc1N)C(C)C(=O)NC(N)=O. The van der Waals surface area contributed by atoms with Gasteiger partial charge < -0.3 is 11.5 Å². The van der Waals surface area contributed by atoms with E-state index in [1.807, 2.05) is 43.0 Å². The van der Waals surface area contributed by atoms with Gasteiger partial charge in [0.15, 0.2) is 0 Å². The molecule has 0 aliphatic rings. The summed E-state index contributed by atoms with van der Waals surface area (Å²) in [5, 5.41) is 2.11. The molecule has 6 nitrogen and oxygen atoms in total. The van der Waals surface area contributed by atoms with Gasteiger partial charge in [0.05, 0.1) is 6.04 Å². The number of nitrogens with zero attached hydrogens (tertiary/aromatic N) is 1. The lowest BCUT2D eigenvalue weighted by Crippen LogP contribution is -2.50. The Balaban J connectivity index is 2.87. The van der Waals surface area contributed by atoms with E-state index in [0.717, 1.165) is 5.56 Å². The number of imide groups is 1. The Hall–Kier alpha value is -2.08. The summed E-state index contributed by atoms with van der Waals surface area (Å²) >= 11 is 0. The van der Waals surface area contributed by atoms with Gasteiger partial charge in [-0.05, 0) is 32.4 Å². The molecule has 6 heteroatoms. The fourth-order valence-electron chi connectivity index (χ4n) is 2.02. The Morgan fingerprint density at radius 2 is 1.85 bits per heavy atom. The third kappa shape index (κ3) is 4.24. The van der Waals surface area contributed by atoms with E-state index in [0.29, 0.717) is 12.2 Å². The molecule has 5 N–H and O–H groups in total. The molecule has 0 spiro atoms. The van der Waals surface area contributed by atoms with Crippen LogP contribution >= 0.6 is 0 Å². The molecular formula is C14H22N4O2. The van der Waals surface area contributed by atoms with Crippen molar-refractivity contribution < 1.29 is 9.59 Å². The molecule has 0 aliphatic heterocycles. The minimum Gasteiger partial charge on any atom is -0.398 e. The summed E-state index contributed by atoms with van der Waals surface area (Å²) in [5.74, 6) is -0.416. The van der Waals surface area contributed by atoms with Gasteiger partial charge in [0.1, 0.15) is 0 Å². The maximum Gasteiger partial charge on any atom is 0.318 e. The summed E-state index contributed by atoms with van der Waals surface area (Å²) in [4.78, 5) is 24.6. The number of urea groups is 1. The van der Waals surface area contributed by atoms with Gasteiger partial charge in [-0.3, -0.25) is 15.0 Å². The van der Waals surface area contributed by atoms with Crippen LogP contribution < -0.4 is 16.8 Å². The van der Waals surface area contributed by atoms with Crippen LogP contribution in [-0.2, 0) is 11.3 Å². The summed E-state index contributed by atoms with van der Waals surface area (Å²) < 4.78 is 0. The number of hydrogen-bond donors (Lipinski definition) is 3. The fraction of sp³-hybridized carbons (Fsp3) is 0.429. The molecule has 1 unspecified atom stereocenters. The van der Waals surface area contributed by atoms with Crippen LogP contribution in [0.2, 0.25) is 0 Å². The number of hydrogen-bond acceptors (Lipinski definition) is 4. The van der Waals surface area contributed by atoms with E-state index < -0.39 is 18.0 Å². The summed E-state index contributed by atoms with van der Waals surface area (Å²) in [6.07, 6.45) is 0. The van der Waals surface area contributed by atoms with Crippen LogP contribution in [0, 0.1) is 0 Å². The van der Waals surface area contributed by atoms with Crippen molar-refractivity contribution in [3.05, 3.63) is 29.8 Å². The van der Waals surface area contributed by atoms with E-state index >= 15 is 0 Å². The number of benzene rings is 1. The van der Waals surface area contributed by atoms with Crippen LogP contribution in [0.15, 0.2) is 24.3 Å². The van der Waals surface area contributed by atoms with Crippen molar-refractivity contribution in [2.75, 3.05) is 5.73 Å². The number of carbonyl (C=O) groups is 2. The van der Waals surface area contributed by atoms with Gasteiger partial charge in [0, 0.05) is 18.3 Å².